The van der Waals surface area contributed by atoms with Crippen molar-refractivity contribution in [2.45, 2.75) is 19.8 Å². The second-order valence-electron chi connectivity index (χ2n) is 6.17. The van der Waals surface area contributed by atoms with Gasteiger partial charge >= 0.3 is 6.03 Å². The number of nitrogens with zero attached hydrogens (tertiary/aromatic N) is 3. The molecule has 0 unspecified atom stereocenters. The fraction of sp³-hybridized carbons (Fsp3) is 0.389. The van der Waals surface area contributed by atoms with Crippen LogP contribution in [0.4, 0.5) is 26.6 Å². The Kier molecular flexibility index (Phi) is 5.83. The number of urea groups is 1. The number of halogens is 1. The Bertz CT molecular complexity index is 763. The number of benzene rings is 1. The summed E-state index contributed by atoms with van der Waals surface area (Å²) in [6, 6.07) is 7.56. The number of carbonyl (C=O) groups excluding carboxylic acids is 1. The number of aromatic nitrogens is 2. The zero-order valence-corrected chi connectivity index (χ0v) is 14.8. The van der Waals surface area contributed by atoms with Crippen molar-refractivity contribution in [1.29, 1.82) is 0 Å². The number of hydrogen-bond acceptors (Lipinski definition) is 5. The molecule has 2 aromatic rings. The standard InChI is InChI=1S/C18H23FN6O/c1-13-12-16(25-10-4-5-11-25)24-17(22-13)20-8-9-21-18(26)23-15-7-3-2-6-14(15)19/h2-3,6-7,12H,4-5,8-11H2,1H3,(H,20,22,24)(H2,21,23,26). The maximum atomic E-state index is 13.5. The average molecular weight is 358 g/mol. The van der Waals surface area contributed by atoms with Gasteiger partial charge in [-0.25, -0.2) is 14.2 Å². The zero-order valence-electron chi connectivity index (χ0n) is 14.8. The Morgan fingerprint density at radius 3 is 2.73 bits per heavy atom. The molecule has 3 N–H and O–H groups in total. The van der Waals surface area contributed by atoms with Gasteiger partial charge in [0.05, 0.1) is 5.69 Å². The topological polar surface area (TPSA) is 82.2 Å². The van der Waals surface area contributed by atoms with Crippen molar-refractivity contribution in [3.05, 3.63) is 41.8 Å². The van der Waals surface area contributed by atoms with E-state index in [4.69, 9.17) is 0 Å². The number of nitrogens with one attached hydrogen (secondary N) is 3. The molecule has 8 heteroatoms. The van der Waals surface area contributed by atoms with E-state index >= 15 is 0 Å². The van der Waals surface area contributed by atoms with Crippen LogP contribution in [0.25, 0.3) is 0 Å². The molecule has 0 aliphatic carbocycles. The minimum Gasteiger partial charge on any atom is -0.356 e. The van der Waals surface area contributed by atoms with Crippen molar-refractivity contribution in [3.8, 4) is 0 Å². The predicted molar refractivity (Wildman–Crippen MR) is 100 cm³/mol. The average Bonchev–Trinajstić information content (AvgIpc) is 3.15. The number of aryl methyl sites for hydroxylation is 1. The van der Waals surface area contributed by atoms with Gasteiger partial charge in [-0.2, -0.15) is 4.98 Å². The Balaban J connectivity index is 1.46. The summed E-state index contributed by atoms with van der Waals surface area (Å²) in [6.07, 6.45) is 2.37. The summed E-state index contributed by atoms with van der Waals surface area (Å²) in [5.41, 5.74) is 1.05. The third kappa shape index (κ3) is 4.81. The molecule has 1 aromatic heterocycles. The highest BCUT2D eigenvalue weighted by Crippen LogP contribution is 2.19. The van der Waals surface area contributed by atoms with Gasteiger partial charge in [-0.1, -0.05) is 12.1 Å². The monoisotopic (exact) mass is 358 g/mol. The fourth-order valence-corrected chi connectivity index (χ4v) is 2.82. The third-order valence-electron chi connectivity index (χ3n) is 4.09. The summed E-state index contributed by atoms with van der Waals surface area (Å²) in [6.45, 7) is 4.80. The van der Waals surface area contributed by atoms with Gasteiger partial charge in [0, 0.05) is 37.9 Å². The Morgan fingerprint density at radius 1 is 1.19 bits per heavy atom. The van der Waals surface area contributed by atoms with Crippen LogP contribution < -0.4 is 20.9 Å². The van der Waals surface area contributed by atoms with E-state index in [1.165, 1.54) is 25.0 Å². The van der Waals surface area contributed by atoms with Crippen molar-refractivity contribution in [3.63, 3.8) is 0 Å². The van der Waals surface area contributed by atoms with E-state index in [9.17, 15) is 9.18 Å². The summed E-state index contributed by atoms with van der Waals surface area (Å²) < 4.78 is 13.5. The molecule has 26 heavy (non-hydrogen) atoms. The van der Waals surface area contributed by atoms with E-state index in [0.717, 1.165) is 24.6 Å². The van der Waals surface area contributed by atoms with Gasteiger partial charge in [-0.05, 0) is 31.9 Å². The molecule has 0 radical (unpaired) electrons. The number of hydrogen-bond donors (Lipinski definition) is 3. The van der Waals surface area contributed by atoms with Crippen LogP contribution in [0.5, 0.6) is 0 Å². The van der Waals surface area contributed by atoms with Crippen LogP contribution in [-0.4, -0.2) is 42.2 Å². The van der Waals surface area contributed by atoms with Crippen molar-refractivity contribution in [1.82, 2.24) is 15.3 Å². The van der Waals surface area contributed by atoms with Crippen LogP contribution in [0.15, 0.2) is 30.3 Å². The van der Waals surface area contributed by atoms with Gasteiger partial charge in [0.1, 0.15) is 11.6 Å². The molecular weight excluding hydrogens is 335 g/mol. The lowest BCUT2D eigenvalue weighted by atomic mass is 10.3. The number of rotatable bonds is 6. The number of anilines is 3. The Hall–Kier alpha value is -2.90. The summed E-state index contributed by atoms with van der Waals surface area (Å²) in [5.74, 6) is 1.01. The van der Waals surface area contributed by atoms with Gasteiger partial charge in [0.2, 0.25) is 5.95 Å². The Labute approximate surface area is 152 Å². The van der Waals surface area contributed by atoms with E-state index in [2.05, 4.69) is 30.8 Å². The molecule has 1 saturated heterocycles. The van der Waals surface area contributed by atoms with Crippen LogP contribution in [0.3, 0.4) is 0 Å². The van der Waals surface area contributed by atoms with Crippen LogP contribution in [-0.2, 0) is 0 Å². The molecule has 1 aliphatic heterocycles. The lowest BCUT2D eigenvalue weighted by molar-refractivity contribution is 0.252. The van der Waals surface area contributed by atoms with Crippen LogP contribution in [0.2, 0.25) is 0 Å². The molecule has 7 nitrogen and oxygen atoms in total. The van der Waals surface area contributed by atoms with E-state index in [1.54, 1.807) is 12.1 Å². The van der Waals surface area contributed by atoms with E-state index in [-0.39, 0.29) is 5.69 Å². The van der Waals surface area contributed by atoms with E-state index < -0.39 is 11.8 Å². The number of para-hydroxylation sites is 1. The number of amides is 2. The maximum absolute atomic E-state index is 13.5. The number of carbonyl (C=O) groups is 1. The van der Waals surface area contributed by atoms with Crippen LogP contribution >= 0.6 is 0 Å². The first-order valence-corrected chi connectivity index (χ1v) is 8.76. The largest absolute Gasteiger partial charge is 0.356 e. The maximum Gasteiger partial charge on any atom is 0.319 e. The second kappa shape index (κ2) is 8.46. The smallest absolute Gasteiger partial charge is 0.319 e. The van der Waals surface area contributed by atoms with Crippen molar-refractivity contribution >= 4 is 23.5 Å². The third-order valence-corrected chi connectivity index (χ3v) is 4.09. The fourth-order valence-electron chi connectivity index (χ4n) is 2.82. The van der Waals surface area contributed by atoms with Crippen molar-refractivity contribution in [2.75, 3.05) is 41.7 Å². The van der Waals surface area contributed by atoms with Crippen molar-refractivity contribution < 1.29 is 9.18 Å². The molecule has 1 fully saturated rings. The van der Waals surface area contributed by atoms with Gasteiger partial charge in [-0.15, -0.1) is 0 Å². The SMILES string of the molecule is Cc1cc(N2CCCC2)nc(NCCNC(=O)Nc2ccccc2F)n1. The molecule has 0 spiro atoms. The highest BCUT2D eigenvalue weighted by Gasteiger charge is 2.15. The normalized spacial score (nSPS) is 13.5. The van der Waals surface area contributed by atoms with Crippen molar-refractivity contribution in [2.24, 2.45) is 0 Å². The highest BCUT2D eigenvalue weighted by atomic mass is 19.1. The molecule has 2 amide bonds. The molecule has 138 valence electrons. The molecule has 1 aromatic carbocycles. The first-order chi connectivity index (χ1) is 12.6. The first-order valence-electron chi connectivity index (χ1n) is 8.76. The molecule has 2 heterocycles. The van der Waals surface area contributed by atoms with Gasteiger partial charge in [0.25, 0.3) is 0 Å². The lowest BCUT2D eigenvalue weighted by Crippen LogP contribution is -2.33. The quantitative estimate of drug-likeness (QED) is 0.692. The second-order valence-corrected chi connectivity index (χ2v) is 6.17. The first kappa shape index (κ1) is 17.9. The van der Waals surface area contributed by atoms with Gasteiger partial charge in [0.15, 0.2) is 0 Å². The summed E-state index contributed by atoms with van der Waals surface area (Å²) in [4.78, 5) is 23.0. The molecule has 0 atom stereocenters. The predicted octanol–water partition coefficient (Wildman–Crippen LogP) is 2.76. The van der Waals surface area contributed by atoms with E-state index in [0.29, 0.717) is 19.0 Å². The highest BCUT2D eigenvalue weighted by molar-refractivity contribution is 5.89. The van der Waals surface area contributed by atoms with E-state index in [1.807, 2.05) is 13.0 Å². The molecule has 1 aliphatic rings. The summed E-state index contributed by atoms with van der Waals surface area (Å²) in [7, 11) is 0. The van der Waals surface area contributed by atoms with Gasteiger partial charge < -0.3 is 20.9 Å². The molecular formula is C18H23FN6O. The minimum absolute atomic E-state index is 0.148. The molecule has 3 rings (SSSR count). The molecule has 0 saturated carbocycles. The van der Waals surface area contributed by atoms with Crippen LogP contribution in [0.1, 0.15) is 18.5 Å². The molecule has 0 bridgehead atoms. The van der Waals surface area contributed by atoms with Crippen LogP contribution in [0, 0.1) is 12.7 Å². The minimum atomic E-state index is -0.469. The van der Waals surface area contributed by atoms with Gasteiger partial charge in [-0.3, -0.25) is 0 Å². The zero-order chi connectivity index (χ0) is 18.4. The summed E-state index contributed by atoms with van der Waals surface area (Å²) >= 11 is 0. The summed E-state index contributed by atoms with van der Waals surface area (Å²) in [5, 5.41) is 8.26. The lowest BCUT2D eigenvalue weighted by Gasteiger charge is -2.17. The Morgan fingerprint density at radius 2 is 1.96 bits per heavy atom.